The molecule has 0 saturated carbocycles. The highest BCUT2D eigenvalue weighted by Gasteiger charge is 2.21. The number of phenolic OH excluding ortho intramolecular Hbond substituents is 1. The van der Waals surface area contributed by atoms with Crippen LogP contribution in [0, 0.1) is 0 Å². The van der Waals surface area contributed by atoms with Crippen molar-refractivity contribution in [3.8, 4) is 5.75 Å². The summed E-state index contributed by atoms with van der Waals surface area (Å²) in [6, 6.07) is 5.73. The topological polar surface area (TPSA) is 49.5 Å². The zero-order valence-electron chi connectivity index (χ0n) is 10.0. The van der Waals surface area contributed by atoms with Gasteiger partial charge in [0.15, 0.2) is 0 Å². The van der Waals surface area contributed by atoms with Crippen LogP contribution in [0.4, 0.5) is 5.69 Å². The Kier molecular flexibility index (Phi) is 2.80. The minimum Gasteiger partial charge on any atom is -0.508 e. The van der Waals surface area contributed by atoms with Gasteiger partial charge in [0.25, 0.3) is 0 Å². The Morgan fingerprint density at radius 2 is 1.88 bits per heavy atom. The van der Waals surface area contributed by atoms with Crippen LogP contribution in [0.1, 0.15) is 32.3 Å². The average Bonchev–Trinajstić information content (AvgIpc) is 2.69. The van der Waals surface area contributed by atoms with E-state index in [1.54, 1.807) is 6.07 Å². The summed E-state index contributed by atoms with van der Waals surface area (Å²) in [5, 5.41) is 9.81. The zero-order chi connectivity index (χ0) is 11.8. The molecule has 0 aliphatic carbocycles. The first kappa shape index (κ1) is 11.3. The summed E-state index contributed by atoms with van der Waals surface area (Å²) in [5.41, 5.74) is 7.53. The Labute approximate surface area is 96.9 Å². The van der Waals surface area contributed by atoms with Crippen molar-refractivity contribution < 1.29 is 5.11 Å². The van der Waals surface area contributed by atoms with Gasteiger partial charge < -0.3 is 15.7 Å². The van der Waals surface area contributed by atoms with Gasteiger partial charge in [-0.15, -0.1) is 0 Å². The van der Waals surface area contributed by atoms with E-state index in [0.717, 1.165) is 18.7 Å². The van der Waals surface area contributed by atoms with Crippen LogP contribution in [0.25, 0.3) is 0 Å². The van der Waals surface area contributed by atoms with Gasteiger partial charge in [-0.25, -0.2) is 0 Å². The average molecular weight is 220 g/mol. The van der Waals surface area contributed by atoms with Gasteiger partial charge in [-0.1, -0.05) is 0 Å². The number of benzene rings is 1. The number of nitrogens with two attached hydrogens (primary N) is 1. The lowest BCUT2D eigenvalue weighted by molar-refractivity contribution is 0.440. The molecular formula is C13H20N2O. The normalized spacial score (nSPS) is 16.8. The molecule has 0 atom stereocenters. The van der Waals surface area contributed by atoms with Crippen LogP contribution in [0.3, 0.4) is 0 Å². The van der Waals surface area contributed by atoms with Crippen molar-refractivity contribution in [2.24, 2.45) is 5.73 Å². The fourth-order valence-corrected chi connectivity index (χ4v) is 2.21. The molecule has 1 aliphatic heterocycles. The molecule has 0 amide bonds. The summed E-state index contributed by atoms with van der Waals surface area (Å²) in [6.45, 7) is 6.04. The second-order valence-corrected chi connectivity index (χ2v) is 5.12. The third-order valence-electron chi connectivity index (χ3n) is 3.15. The lowest BCUT2D eigenvalue weighted by Crippen LogP contribution is -2.29. The van der Waals surface area contributed by atoms with Crippen LogP contribution in [0.2, 0.25) is 0 Å². The minimum absolute atomic E-state index is 0.287. The van der Waals surface area contributed by atoms with Gasteiger partial charge in [0.1, 0.15) is 5.75 Å². The van der Waals surface area contributed by atoms with E-state index in [9.17, 15) is 5.11 Å². The summed E-state index contributed by atoms with van der Waals surface area (Å²) < 4.78 is 0. The zero-order valence-corrected chi connectivity index (χ0v) is 10.0. The Bertz CT molecular complexity index is 376. The monoisotopic (exact) mass is 220 g/mol. The second-order valence-electron chi connectivity index (χ2n) is 5.12. The smallest absolute Gasteiger partial charge is 0.120 e. The predicted octanol–water partition coefficient (Wildman–Crippen LogP) is 2.19. The molecule has 0 aromatic heterocycles. The van der Waals surface area contributed by atoms with Gasteiger partial charge in [-0.2, -0.15) is 0 Å². The fourth-order valence-electron chi connectivity index (χ4n) is 2.21. The Morgan fingerprint density at radius 1 is 1.25 bits per heavy atom. The molecule has 3 N–H and O–H groups in total. The maximum atomic E-state index is 9.81. The molecule has 0 radical (unpaired) electrons. The van der Waals surface area contributed by atoms with Gasteiger partial charge in [-0.3, -0.25) is 0 Å². The Hall–Kier alpha value is -1.22. The summed E-state index contributed by atoms with van der Waals surface area (Å²) in [6.07, 6.45) is 2.50. The number of hydrogen-bond acceptors (Lipinski definition) is 3. The molecule has 1 saturated heterocycles. The van der Waals surface area contributed by atoms with Crippen molar-refractivity contribution in [3.05, 3.63) is 23.8 Å². The summed E-state index contributed by atoms with van der Waals surface area (Å²) in [4.78, 5) is 2.34. The van der Waals surface area contributed by atoms with E-state index in [0.29, 0.717) is 0 Å². The lowest BCUT2D eigenvalue weighted by atomic mass is 9.94. The number of anilines is 1. The molecule has 1 aliphatic rings. The maximum Gasteiger partial charge on any atom is 0.120 e. The highest BCUT2D eigenvalue weighted by molar-refractivity contribution is 5.55. The molecule has 1 aromatic carbocycles. The quantitative estimate of drug-likeness (QED) is 0.803. The Balaban J connectivity index is 2.35. The third-order valence-corrected chi connectivity index (χ3v) is 3.15. The van der Waals surface area contributed by atoms with Crippen LogP contribution in [-0.4, -0.2) is 18.2 Å². The van der Waals surface area contributed by atoms with Gasteiger partial charge in [0, 0.05) is 29.9 Å². The van der Waals surface area contributed by atoms with Crippen molar-refractivity contribution in [2.45, 2.75) is 32.2 Å². The van der Waals surface area contributed by atoms with E-state index < -0.39 is 5.54 Å². The van der Waals surface area contributed by atoms with Crippen LogP contribution < -0.4 is 10.6 Å². The van der Waals surface area contributed by atoms with E-state index in [-0.39, 0.29) is 5.75 Å². The molecule has 1 aromatic rings. The molecular weight excluding hydrogens is 200 g/mol. The molecule has 1 fully saturated rings. The van der Waals surface area contributed by atoms with Crippen LogP contribution >= 0.6 is 0 Å². The highest BCUT2D eigenvalue weighted by atomic mass is 16.3. The second kappa shape index (κ2) is 3.98. The fraction of sp³-hybridized carbons (Fsp3) is 0.538. The largest absolute Gasteiger partial charge is 0.508 e. The summed E-state index contributed by atoms with van der Waals surface area (Å²) in [7, 11) is 0. The highest BCUT2D eigenvalue weighted by Crippen LogP contribution is 2.32. The molecule has 0 spiro atoms. The summed E-state index contributed by atoms with van der Waals surface area (Å²) >= 11 is 0. The van der Waals surface area contributed by atoms with Crippen LogP contribution in [-0.2, 0) is 5.54 Å². The van der Waals surface area contributed by atoms with Crippen molar-refractivity contribution in [2.75, 3.05) is 18.0 Å². The predicted molar refractivity (Wildman–Crippen MR) is 66.8 cm³/mol. The molecule has 0 unspecified atom stereocenters. The molecule has 3 nitrogen and oxygen atoms in total. The number of rotatable bonds is 2. The van der Waals surface area contributed by atoms with Crippen LogP contribution in [0.15, 0.2) is 18.2 Å². The standard InChI is InChI=1S/C13H20N2O/c1-13(2,14)11-9-10(5-6-12(11)16)15-7-3-4-8-15/h5-6,9,16H,3-4,7-8,14H2,1-2H3. The first-order chi connectivity index (χ1) is 7.48. The SMILES string of the molecule is CC(C)(N)c1cc(N2CCCC2)ccc1O. The first-order valence-corrected chi connectivity index (χ1v) is 5.86. The van der Waals surface area contributed by atoms with E-state index >= 15 is 0 Å². The third kappa shape index (κ3) is 2.14. The van der Waals surface area contributed by atoms with Gasteiger partial charge >= 0.3 is 0 Å². The summed E-state index contributed by atoms with van der Waals surface area (Å²) in [5.74, 6) is 0.287. The van der Waals surface area contributed by atoms with Crippen molar-refractivity contribution in [1.82, 2.24) is 0 Å². The molecule has 88 valence electrons. The maximum absolute atomic E-state index is 9.81. The van der Waals surface area contributed by atoms with E-state index in [2.05, 4.69) is 4.90 Å². The first-order valence-electron chi connectivity index (χ1n) is 5.86. The molecule has 16 heavy (non-hydrogen) atoms. The molecule has 0 bridgehead atoms. The number of nitrogens with zero attached hydrogens (tertiary/aromatic N) is 1. The lowest BCUT2D eigenvalue weighted by Gasteiger charge is -2.24. The van der Waals surface area contributed by atoms with Crippen molar-refractivity contribution in [3.63, 3.8) is 0 Å². The number of hydrogen-bond donors (Lipinski definition) is 2. The van der Waals surface area contributed by atoms with Crippen LogP contribution in [0.5, 0.6) is 5.75 Å². The molecule has 3 heteroatoms. The minimum atomic E-state index is -0.500. The van der Waals surface area contributed by atoms with E-state index in [1.165, 1.54) is 18.5 Å². The van der Waals surface area contributed by atoms with E-state index in [1.807, 2.05) is 26.0 Å². The number of phenols is 1. The number of aromatic hydroxyl groups is 1. The molecule has 1 heterocycles. The van der Waals surface area contributed by atoms with Gasteiger partial charge in [-0.05, 0) is 44.9 Å². The van der Waals surface area contributed by atoms with E-state index in [4.69, 9.17) is 5.73 Å². The van der Waals surface area contributed by atoms with Gasteiger partial charge in [0.05, 0.1) is 0 Å². The van der Waals surface area contributed by atoms with Crippen molar-refractivity contribution in [1.29, 1.82) is 0 Å². The Morgan fingerprint density at radius 3 is 2.44 bits per heavy atom. The molecule has 2 rings (SSSR count). The van der Waals surface area contributed by atoms with Crippen molar-refractivity contribution >= 4 is 5.69 Å². The van der Waals surface area contributed by atoms with Gasteiger partial charge in [0.2, 0.25) is 0 Å².